The minimum Gasteiger partial charge on any atom is -0.480 e. The molecule has 0 rings (SSSR count). The van der Waals surface area contributed by atoms with E-state index in [1.165, 1.54) is 13.8 Å². The van der Waals surface area contributed by atoms with Crippen LogP contribution in [-0.4, -0.2) is 69.9 Å². The summed E-state index contributed by atoms with van der Waals surface area (Å²) >= 11 is 4.02. The van der Waals surface area contributed by atoms with Crippen LogP contribution in [0.4, 0.5) is 0 Å². The van der Waals surface area contributed by atoms with Gasteiger partial charge in [0.1, 0.15) is 18.1 Å². The standard InChI is InChI=1S/C16H30N4O6S/c1-7(2)5-10(17)13(22)19-11(6-27)14(23)20-12(9(4)21)15(24)18-8(3)16(25)26/h7-12,21,27H,5-6,17H2,1-4H3,(H,18,24)(H,19,22)(H,20,23)(H,25,26). The minimum atomic E-state index is -1.40. The molecule has 7 N–H and O–H groups in total. The first-order valence-electron chi connectivity index (χ1n) is 8.59. The molecule has 0 bridgehead atoms. The number of amides is 3. The normalized spacial score (nSPS) is 16.6. The van der Waals surface area contributed by atoms with Gasteiger partial charge in [-0.25, -0.2) is 0 Å². The lowest BCUT2D eigenvalue weighted by molar-refractivity contribution is -0.142. The average Bonchev–Trinajstić information content (AvgIpc) is 2.55. The molecule has 0 aliphatic carbocycles. The molecule has 5 atom stereocenters. The van der Waals surface area contributed by atoms with Gasteiger partial charge in [-0.05, 0) is 26.2 Å². The number of hydrogen-bond acceptors (Lipinski definition) is 7. The van der Waals surface area contributed by atoms with Gasteiger partial charge in [-0.3, -0.25) is 19.2 Å². The molecule has 0 fully saturated rings. The average molecular weight is 407 g/mol. The van der Waals surface area contributed by atoms with Crippen molar-refractivity contribution in [2.24, 2.45) is 11.7 Å². The zero-order valence-electron chi connectivity index (χ0n) is 15.9. The summed E-state index contributed by atoms with van der Waals surface area (Å²) in [4.78, 5) is 47.4. The second-order valence-electron chi connectivity index (χ2n) is 6.78. The second kappa shape index (κ2) is 11.8. The van der Waals surface area contributed by atoms with Crippen molar-refractivity contribution in [1.82, 2.24) is 16.0 Å². The largest absolute Gasteiger partial charge is 0.480 e. The number of nitrogens with one attached hydrogen (secondary N) is 3. The van der Waals surface area contributed by atoms with Gasteiger partial charge in [0.25, 0.3) is 0 Å². The first kappa shape index (κ1) is 25.1. The van der Waals surface area contributed by atoms with Gasteiger partial charge in [-0.15, -0.1) is 0 Å². The van der Waals surface area contributed by atoms with Gasteiger partial charge in [0.2, 0.25) is 17.7 Å². The Kier molecular flexibility index (Phi) is 11.0. The molecule has 11 heteroatoms. The Hall–Kier alpha value is -1.85. The van der Waals surface area contributed by atoms with Crippen LogP contribution in [0.3, 0.4) is 0 Å². The third-order valence-electron chi connectivity index (χ3n) is 3.67. The Morgan fingerprint density at radius 2 is 1.52 bits per heavy atom. The fourth-order valence-corrected chi connectivity index (χ4v) is 2.37. The number of carboxylic acid groups (broad SMARTS) is 1. The fourth-order valence-electron chi connectivity index (χ4n) is 2.11. The molecule has 0 spiro atoms. The van der Waals surface area contributed by atoms with Crippen LogP contribution in [0.1, 0.15) is 34.1 Å². The van der Waals surface area contributed by atoms with Crippen molar-refractivity contribution in [1.29, 1.82) is 0 Å². The zero-order chi connectivity index (χ0) is 21.3. The Labute approximate surface area is 164 Å². The van der Waals surface area contributed by atoms with Gasteiger partial charge in [-0.2, -0.15) is 12.6 Å². The number of carbonyl (C=O) groups is 4. The summed E-state index contributed by atoms with van der Waals surface area (Å²) in [6.45, 7) is 6.32. The number of carbonyl (C=O) groups excluding carboxylic acids is 3. The van der Waals surface area contributed by atoms with Crippen molar-refractivity contribution in [3.05, 3.63) is 0 Å². The molecule has 0 aliphatic rings. The van der Waals surface area contributed by atoms with Crippen LogP contribution in [0, 0.1) is 5.92 Å². The quantitative estimate of drug-likeness (QED) is 0.199. The van der Waals surface area contributed by atoms with Crippen LogP contribution in [0.2, 0.25) is 0 Å². The number of carboxylic acids is 1. The lowest BCUT2D eigenvalue weighted by Crippen LogP contribution is -2.60. The number of aliphatic hydroxyl groups excluding tert-OH is 1. The van der Waals surface area contributed by atoms with E-state index in [-0.39, 0.29) is 11.7 Å². The Morgan fingerprint density at radius 3 is 1.93 bits per heavy atom. The number of hydrogen-bond donors (Lipinski definition) is 7. The zero-order valence-corrected chi connectivity index (χ0v) is 16.8. The summed E-state index contributed by atoms with van der Waals surface area (Å²) in [5.41, 5.74) is 5.77. The number of nitrogens with two attached hydrogens (primary N) is 1. The van der Waals surface area contributed by atoms with Crippen molar-refractivity contribution in [2.75, 3.05) is 5.75 Å². The van der Waals surface area contributed by atoms with Crippen LogP contribution < -0.4 is 21.7 Å². The smallest absolute Gasteiger partial charge is 0.325 e. The first-order chi connectivity index (χ1) is 12.4. The molecule has 5 unspecified atom stereocenters. The predicted molar refractivity (Wildman–Crippen MR) is 102 cm³/mol. The highest BCUT2D eigenvalue weighted by Crippen LogP contribution is 2.04. The molecule has 0 radical (unpaired) electrons. The Balaban J connectivity index is 5.00. The summed E-state index contributed by atoms with van der Waals surface area (Å²) < 4.78 is 0. The van der Waals surface area contributed by atoms with E-state index in [0.29, 0.717) is 6.42 Å². The molecule has 3 amide bonds. The van der Waals surface area contributed by atoms with Crippen LogP contribution in [-0.2, 0) is 19.2 Å². The molecule has 0 aliphatic heterocycles. The molecular weight excluding hydrogens is 376 g/mol. The van der Waals surface area contributed by atoms with Gasteiger partial charge in [0, 0.05) is 5.75 Å². The van der Waals surface area contributed by atoms with Crippen molar-refractivity contribution >= 4 is 36.3 Å². The number of thiol groups is 1. The van der Waals surface area contributed by atoms with Crippen molar-refractivity contribution in [2.45, 2.75) is 64.4 Å². The number of rotatable bonds is 11. The molecule has 27 heavy (non-hydrogen) atoms. The molecular formula is C16H30N4O6S. The molecule has 0 aromatic heterocycles. The van der Waals surface area contributed by atoms with Gasteiger partial charge < -0.3 is 31.9 Å². The van der Waals surface area contributed by atoms with Gasteiger partial charge >= 0.3 is 5.97 Å². The summed E-state index contributed by atoms with van der Waals surface area (Å²) in [6, 6.07) is -4.48. The summed E-state index contributed by atoms with van der Waals surface area (Å²) in [6.07, 6.45) is -0.868. The highest BCUT2D eigenvalue weighted by molar-refractivity contribution is 7.80. The Morgan fingerprint density at radius 1 is 0.963 bits per heavy atom. The summed E-state index contributed by atoms with van der Waals surface area (Å²) in [5, 5.41) is 25.5. The van der Waals surface area contributed by atoms with E-state index in [0.717, 1.165) is 0 Å². The molecule has 0 aromatic rings. The SMILES string of the molecule is CC(C)CC(N)C(=O)NC(CS)C(=O)NC(C(=O)NC(C)C(=O)O)C(C)O. The van der Waals surface area contributed by atoms with E-state index in [1.807, 2.05) is 13.8 Å². The van der Waals surface area contributed by atoms with Crippen molar-refractivity contribution < 1.29 is 29.4 Å². The second-order valence-corrected chi connectivity index (χ2v) is 7.14. The maximum atomic E-state index is 12.4. The van der Waals surface area contributed by atoms with Gasteiger partial charge in [0.15, 0.2) is 0 Å². The number of aliphatic hydroxyl groups is 1. The lowest BCUT2D eigenvalue weighted by atomic mass is 10.0. The van der Waals surface area contributed by atoms with Crippen LogP contribution in [0.15, 0.2) is 0 Å². The van der Waals surface area contributed by atoms with Crippen molar-refractivity contribution in [3.63, 3.8) is 0 Å². The van der Waals surface area contributed by atoms with Crippen LogP contribution in [0.5, 0.6) is 0 Å². The molecule has 0 heterocycles. The van der Waals surface area contributed by atoms with E-state index < -0.39 is 54.0 Å². The maximum absolute atomic E-state index is 12.4. The van der Waals surface area contributed by atoms with E-state index in [2.05, 4.69) is 28.6 Å². The van der Waals surface area contributed by atoms with E-state index in [4.69, 9.17) is 10.8 Å². The third kappa shape index (κ3) is 9.07. The van der Waals surface area contributed by atoms with Crippen LogP contribution >= 0.6 is 12.6 Å². The highest BCUT2D eigenvalue weighted by atomic mass is 32.1. The topological polar surface area (TPSA) is 171 Å². The molecule has 10 nitrogen and oxygen atoms in total. The van der Waals surface area contributed by atoms with Gasteiger partial charge in [-0.1, -0.05) is 13.8 Å². The minimum absolute atomic E-state index is 0.0638. The van der Waals surface area contributed by atoms with Gasteiger partial charge in [0.05, 0.1) is 12.1 Å². The molecule has 0 saturated carbocycles. The summed E-state index contributed by atoms with van der Waals surface area (Å²) in [7, 11) is 0. The van der Waals surface area contributed by atoms with E-state index >= 15 is 0 Å². The Bertz CT molecular complexity index is 543. The fraction of sp³-hybridized carbons (Fsp3) is 0.750. The first-order valence-corrected chi connectivity index (χ1v) is 9.22. The van der Waals surface area contributed by atoms with Crippen LogP contribution in [0.25, 0.3) is 0 Å². The maximum Gasteiger partial charge on any atom is 0.325 e. The monoisotopic (exact) mass is 406 g/mol. The predicted octanol–water partition coefficient (Wildman–Crippen LogP) is -1.77. The third-order valence-corrected chi connectivity index (χ3v) is 4.03. The molecule has 0 aromatic carbocycles. The summed E-state index contributed by atoms with van der Waals surface area (Å²) in [5.74, 6) is -3.29. The van der Waals surface area contributed by atoms with Crippen molar-refractivity contribution in [3.8, 4) is 0 Å². The number of aliphatic carboxylic acids is 1. The van der Waals surface area contributed by atoms with E-state index in [9.17, 15) is 24.3 Å². The molecule has 0 saturated heterocycles. The lowest BCUT2D eigenvalue weighted by Gasteiger charge is -2.25. The van der Waals surface area contributed by atoms with E-state index in [1.54, 1.807) is 0 Å². The molecule has 156 valence electrons. The highest BCUT2D eigenvalue weighted by Gasteiger charge is 2.31.